The van der Waals surface area contributed by atoms with E-state index in [9.17, 15) is 4.79 Å². The number of fused-ring (bicyclic) bond motifs is 1. The lowest BCUT2D eigenvalue weighted by Gasteiger charge is -2.37. The van der Waals surface area contributed by atoms with Crippen LogP contribution in [0.15, 0.2) is 94.5 Å². The number of ether oxygens (including phenoxy) is 3. The van der Waals surface area contributed by atoms with Gasteiger partial charge in [0.25, 0.3) is 0 Å². The molecule has 0 spiro atoms. The summed E-state index contributed by atoms with van der Waals surface area (Å²) >= 11 is 1.54. The Morgan fingerprint density at radius 2 is 1.65 bits per heavy atom. The fourth-order valence-corrected chi connectivity index (χ4v) is 5.64. The molecule has 7 heteroatoms. The van der Waals surface area contributed by atoms with E-state index in [0.29, 0.717) is 22.8 Å². The van der Waals surface area contributed by atoms with Gasteiger partial charge in [-0.1, -0.05) is 66.4 Å². The highest BCUT2D eigenvalue weighted by molar-refractivity contribution is 8.16. The van der Waals surface area contributed by atoms with Crippen molar-refractivity contribution in [2.75, 3.05) is 20.8 Å². The van der Waals surface area contributed by atoms with Crippen LogP contribution in [0.1, 0.15) is 31.0 Å². The number of hydrogen-bond acceptors (Lipinski definition) is 7. The summed E-state index contributed by atoms with van der Waals surface area (Å²) in [4.78, 5) is 20.2. The minimum Gasteiger partial charge on any atom is -0.497 e. The third-order valence-corrected chi connectivity index (χ3v) is 7.28. The maximum Gasteiger partial charge on any atom is 0.338 e. The average Bonchev–Trinajstić information content (AvgIpc) is 3.36. The van der Waals surface area contributed by atoms with Gasteiger partial charge in [0.2, 0.25) is 0 Å². The Bertz CT molecular complexity index is 1410. The zero-order valence-corrected chi connectivity index (χ0v) is 22.0. The topological polar surface area (TPSA) is 60.4 Å². The van der Waals surface area contributed by atoms with Gasteiger partial charge in [0.1, 0.15) is 11.5 Å². The predicted molar refractivity (Wildman–Crippen MR) is 148 cm³/mol. The molecule has 0 aromatic heterocycles. The number of nitrogens with zero attached hydrogens (tertiary/aromatic N) is 2. The van der Waals surface area contributed by atoms with E-state index < -0.39 is 6.04 Å². The van der Waals surface area contributed by atoms with Gasteiger partial charge in [-0.3, -0.25) is 0 Å². The van der Waals surface area contributed by atoms with Gasteiger partial charge in [-0.05, 0) is 42.7 Å². The van der Waals surface area contributed by atoms with E-state index in [2.05, 4.69) is 46.7 Å². The van der Waals surface area contributed by atoms with E-state index in [-0.39, 0.29) is 12.6 Å². The van der Waals surface area contributed by atoms with Gasteiger partial charge < -0.3 is 19.1 Å². The van der Waals surface area contributed by atoms with Gasteiger partial charge in [0, 0.05) is 17.0 Å². The van der Waals surface area contributed by atoms with Gasteiger partial charge in [0.15, 0.2) is 5.17 Å². The molecule has 188 valence electrons. The molecular weight excluding hydrogens is 484 g/mol. The monoisotopic (exact) mass is 512 g/mol. The van der Waals surface area contributed by atoms with Gasteiger partial charge in [-0.25, -0.2) is 9.79 Å². The summed E-state index contributed by atoms with van der Waals surface area (Å²) < 4.78 is 16.7. The SMILES string of the molecule is CCOC(=O)C1=C(C)N=C2SC=C(c3ccc(-c4ccccc4)cc3)N2[C@H]1c1ccc(OC)cc1OC. The van der Waals surface area contributed by atoms with Gasteiger partial charge in [0.05, 0.1) is 43.8 Å². The van der Waals surface area contributed by atoms with Gasteiger partial charge in [-0.2, -0.15) is 0 Å². The van der Waals surface area contributed by atoms with Gasteiger partial charge in [-0.15, -0.1) is 0 Å². The maximum atomic E-state index is 13.3. The number of benzene rings is 3. The molecule has 0 amide bonds. The minimum atomic E-state index is -0.484. The fourth-order valence-electron chi connectivity index (χ4n) is 4.66. The Morgan fingerprint density at radius 1 is 0.946 bits per heavy atom. The number of carbonyl (C=O) groups is 1. The maximum absolute atomic E-state index is 13.3. The Hall–Kier alpha value is -3.97. The molecule has 0 aliphatic carbocycles. The Labute approximate surface area is 221 Å². The molecule has 0 saturated carbocycles. The molecule has 0 bridgehead atoms. The normalized spacial score (nSPS) is 16.6. The lowest BCUT2D eigenvalue weighted by molar-refractivity contribution is -0.139. The van der Waals surface area contributed by atoms with Crippen molar-refractivity contribution in [3.8, 4) is 22.6 Å². The summed E-state index contributed by atoms with van der Waals surface area (Å²) in [6.45, 7) is 3.93. The quantitative estimate of drug-likeness (QED) is 0.330. The van der Waals surface area contributed by atoms with E-state index >= 15 is 0 Å². The number of rotatable bonds is 7. The van der Waals surface area contributed by atoms with Crippen molar-refractivity contribution < 1.29 is 19.0 Å². The zero-order chi connectivity index (χ0) is 25.9. The van der Waals surface area contributed by atoms with Crippen LogP contribution in [0, 0.1) is 0 Å². The number of carbonyl (C=O) groups excluding carboxylic acids is 1. The number of esters is 1. The fraction of sp³-hybridized carbons (Fsp3) is 0.200. The first-order chi connectivity index (χ1) is 18.0. The molecule has 0 unspecified atom stereocenters. The first kappa shape index (κ1) is 24.7. The number of methoxy groups -OCH3 is 2. The van der Waals surface area contributed by atoms with Crippen LogP contribution in [0.2, 0.25) is 0 Å². The molecule has 3 aromatic rings. The number of aliphatic imine (C=N–C) groups is 1. The van der Waals surface area contributed by atoms with Crippen molar-refractivity contribution in [2.45, 2.75) is 19.9 Å². The van der Waals surface area contributed by atoms with Crippen LogP contribution in [-0.4, -0.2) is 36.9 Å². The second-order valence-corrected chi connectivity index (χ2v) is 9.40. The number of thioether (sulfide) groups is 1. The second kappa shape index (κ2) is 10.6. The molecule has 1 atom stereocenters. The Balaban J connectivity index is 1.61. The van der Waals surface area contributed by atoms with E-state index in [0.717, 1.165) is 33.1 Å². The Kier molecular flexibility index (Phi) is 7.06. The highest BCUT2D eigenvalue weighted by Gasteiger charge is 2.42. The summed E-state index contributed by atoms with van der Waals surface area (Å²) in [5.41, 5.74) is 6.23. The van der Waals surface area contributed by atoms with Crippen LogP contribution in [0.25, 0.3) is 16.8 Å². The third-order valence-electron chi connectivity index (χ3n) is 6.44. The van der Waals surface area contributed by atoms with Crippen LogP contribution in [0.4, 0.5) is 0 Å². The second-order valence-electron chi connectivity index (χ2n) is 8.56. The standard InChI is InChI=1S/C30H28N2O4S/c1-5-36-29(33)27-19(2)31-30-32(28(27)24-16-15-23(34-3)17-26(24)35-4)25(18-37-30)22-13-11-21(12-14-22)20-9-7-6-8-10-20/h6-18,28H,5H2,1-4H3/t28-/m0/s1. The van der Waals surface area contributed by atoms with Crippen molar-refractivity contribution in [3.63, 3.8) is 0 Å². The minimum absolute atomic E-state index is 0.275. The van der Waals surface area contributed by atoms with Crippen LogP contribution in [-0.2, 0) is 9.53 Å². The summed E-state index contributed by atoms with van der Waals surface area (Å²) in [6, 6.07) is 23.9. The summed E-state index contributed by atoms with van der Waals surface area (Å²) in [5.74, 6) is 0.906. The molecule has 2 heterocycles. The van der Waals surface area contributed by atoms with E-state index in [1.807, 2.05) is 43.3 Å². The van der Waals surface area contributed by atoms with E-state index in [1.165, 1.54) is 0 Å². The number of amidine groups is 1. The largest absolute Gasteiger partial charge is 0.497 e. The zero-order valence-electron chi connectivity index (χ0n) is 21.2. The van der Waals surface area contributed by atoms with E-state index in [1.54, 1.807) is 32.9 Å². The van der Waals surface area contributed by atoms with Gasteiger partial charge >= 0.3 is 5.97 Å². The van der Waals surface area contributed by atoms with Crippen molar-refractivity contribution in [2.24, 2.45) is 4.99 Å². The lowest BCUT2D eigenvalue weighted by Crippen LogP contribution is -2.36. The van der Waals surface area contributed by atoms with Crippen LogP contribution < -0.4 is 9.47 Å². The third kappa shape index (κ3) is 4.62. The molecule has 0 N–H and O–H groups in total. The van der Waals surface area contributed by atoms with Crippen LogP contribution in [0.5, 0.6) is 11.5 Å². The molecule has 5 rings (SSSR count). The van der Waals surface area contributed by atoms with Crippen molar-refractivity contribution in [3.05, 3.63) is 101 Å². The predicted octanol–water partition coefficient (Wildman–Crippen LogP) is 6.67. The lowest BCUT2D eigenvalue weighted by atomic mass is 9.92. The number of hydrogen-bond donors (Lipinski definition) is 0. The highest BCUT2D eigenvalue weighted by atomic mass is 32.2. The number of allylic oxidation sites excluding steroid dienone is 1. The first-order valence-electron chi connectivity index (χ1n) is 12.1. The molecule has 2 aliphatic heterocycles. The molecular formula is C30H28N2O4S. The van der Waals surface area contributed by atoms with Crippen molar-refractivity contribution >= 4 is 28.6 Å². The average molecular weight is 513 g/mol. The molecule has 0 fully saturated rings. The molecule has 37 heavy (non-hydrogen) atoms. The molecule has 6 nitrogen and oxygen atoms in total. The summed E-state index contributed by atoms with van der Waals surface area (Å²) in [7, 11) is 3.24. The van der Waals surface area contributed by atoms with E-state index in [4.69, 9.17) is 19.2 Å². The molecule has 2 aliphatic rings. The first-order valence-corrected chi connectivity index (χ1v) is 12.9. The molecule has 0 saturated heterocycles. The summed E-state index contributed by atoms with van der Waals surface area (Å²) in [6.07, 6.45) is 0. The smallest absolute Gasteiger partial charge is 0.338 e. The summed E-state index contributed by atoms with van der Waals surface area (Å²) in [5, 5.41) is 2.89. The highest BCUT2D eigenvalue weighted by Crippen LogP contribution is 2.49. The molecule has 3 aromatic carbocycles. The van der Waals surface area contributed by atoms with Crippen LogP contribution in [0.3, 0.4) is 0 Å². The Morgan fingerprint density at radius 3 is 2.32 bits per heavy atom. The van der Waals surface area contributed by atoms with Crippen molar-refractivity contribution in [1.29, 1.82) is 0 Å². The van der Waals surface area contributed by atoms with Crippen LogP contribution >= 0.6 is 11.8 Å². The molecule has 0 radical (unpaired) electrons. The van der Waals surface area contributed by atoms with Crippen molar-refractivity contribution in [1.82, 2.24) is 4.90 Å².